The number of benzene rings is 3. The number of hydrogen-bond acceptors (Lipinski definition) is 4. The zero-order valence-corrected chi connectivity index (χ0v) is 22.9. The topological polar surface area (TPSA) is 78.8 Å². The van der Waals surface area contributed by atoms with Gasteiger partial charge >= 0.3 is 5.97 Å². The number of aliphatic hydroxyl groups excluding tert-OH is 1. The summed E-state index contributed by atoms with van der Waals surface area (Å²) >= 11 is 5.97. The fourth-order valence-corrected chi connectivity index (χ4v) is 5.72. The number of rotatable bonds is 8. The maximum atomic E-state index is 12.1. The molecule has 3 aromatic rings. The van der Waals surface area contributed by atoms with Crippen molar-refractivity contribution in [2.45, 2.75) is 69.6 Å². The maximum absolute atomic E-state index is 12.1. The van der Waals surface area contributed by atoms with Gasteiger partial charge in [0.25, 0.3) is 0 Å². The molecule has 7 heteroatoms. The Morgan fingerprint density at radius 2 is 1.76 bits per heavy atom. The normalized spacial score (nSPS) is 18.2. The van der Waals surface area contributed by atoms with E-state index in [0.717, 1.165) is 61.6 Å². The standard InChI is InChI=1S/C31H34ClNO4.ClH/c32-24-14-11-21(12-15-24)29(34)19-33-25-16-13-20-9-10-22(17-23(20)18-25)27-7-4-8-28(31(35)36)30(27)37-26-5-2-1-3-6-26;/h4,7-12,14-15,17,25-26,29,33-34H,1-3,5-6,13,16,18-19H2,(H,35,36);1H/t25-,29-;/m0./s1. The molecule has 38 heavy (non-hydrogen) atoms. The Morgan fingerprint density at radius 3 is 2.50 bits per heavy atom. The van der Waals surface area contributed by atoms with E-state index in [-0.39, 0.29) is 30.1 Å². The highest BCUT2D eigenvalue weighted by molar-refractivity contribution is 6.30. The first-order valence-corrected chi connectivity index (χ1v) is 13.7. The fourth-order valence-electron chi connectivity index (χ4n) is 5.59. The van der Waals surface area contributed by atoms with Crippen LogP contribution in [0.5, 0.6) is 5.75 Å². The highest BCUT2D eigenvalue weighted by Crippen LogP contribution is 2.38. The van der Waals surface area contributed by atoms with Crippen LogP contribution in [0.2, 0.25) is 5.02 Å². The summed E-state index contributed by atoms with van der Waals surface area (Å²) in [6.07, 6.45) is 7.67. The molecule has 3 aromatic carbocycles. The van der Waals surface area contributed by atoms with Crippen molar-refractivity contribution in [1.82, 2.24) is 5.32 Å². The van der Waals surface area contributed by atoms with Gasteiger partial charge in [-0.2, -0.15) is 0 Å². The molecule has 1 fully saturated rings. The molecule has 0 heterocycles. The smallest absolute Gasteiger partial charge is 0.339 e. The summed E-state index contributed by atoms with van der Waals surface area (Å²) in [6, 6.07) is 19.4. The van der Waals surface area contributed by atoms with Crippen LogP contribution in [0.4, 0.5) is 0 Å². The van der Waals surface area contributed by atoms with Crippen LogP contribution in [-0.2, 0) is 12.8 Å². The van der Waals surface area contributed by atoms with Gasteiger partial charge in [0.1, 0.15) is 11.3 Å². The lowest BCUT2D eigenvalue weighted by molar-refractivity contribution is 0.0686. The van der Waals surface area contributed by atoms with E-state index >= 15 is 0 Å². The summed E-state index contributed by atoms with van der Waals surface area (Å²) < 4.78 is 6.38. The Bertz CT molecular complexity index is 1240. The van der Waals surface area contributed by atoms with Crippen molar-refractivity contribution in [2.24, 2.45) is 0 Å². The van der Waals surface area contributed by atoms with Crippen molar-refractivity contribution in [3.63, 3.8) is 0 Å². The van der Waals surface area contributed by atoms with E-state index in [4.69, 9.17) is 16.3 Å². The number of aromatic carboxylic acids is 1. The number of fused-ring (bicyclic) bond motifs is 1. The SMILES string of the molecule is Cl.O=C(O)c1cccc(-c2ccc3c(c2)C[C@@H](NC[C@H](O)c2ccc(Cl)cc2)CC3)c1OC1CCCCC1. The number of halogens is 2. The summed E-state index contributed by atoms with van der Waals surface area (Å²) in [6.45, 7) is 0.474. The first-order chi connectivity index (χ1) is 18.0. The van der Waals surface area contributed by atoms with Crippen LogP contribution < -0.4 is 10.1 Å². The zero-order valence-electron chi connectivity index (χ0n) is 21.4. The van der Waals surface area contributed by atoms with Crippen LogP contribution in [0.3, 0.4) is 0 Å². The monoisotopic (exact) mass is 555 g/mol. The summed E-state index contributed by atoms with van der Waals surface area (Å²) in [5.74, 6) is -0.479. The third-order valence-corrected chi connectivity index (χ3v) is 7.93. The lowest BCUT2D eigenvalue weighted by atomic mass is 9.86. The Hall–Kier alpha value is -2.57. The Balaban J connectivity index is 0.00000336. The molecule has 5 nitrogen and oxygen atoms in total. The molecule has 2 aliphatic carbocycles. The molecule has 0 amide bonds. The second-order valence-corrected chi connectivity index (χ2v) is 10.7. The van der Waals surface area contributed by atoms with Gasteiger partial charge in [-0.3, -0.25) is 0 Å². The van der Waals surface area contributed by atoms with Crippen LogP contribution >= 0.6 is 24.0 Å². The molecule has 0 aliphatic heterocycles. The van der Waals surface area contributed by atoms with E-state index in [1.807, 2.05) is 18.2 Å². The third kappa shape index (κ3) is 6.70. The Labute approximate surface area is 235 Å². The quantitative estimate of drug-likeness (QED) is 0.278. The largest absolute Gasteiger partial charge is 0.489 e. The van der Waals surface area contributed by atoms with Crippen molar-refractivity contribution in [3.05, 3.63) is 87.9 Å². The molecule has 0 radical (unpaired) electrons. The molecular formula is C31H35Cl2NO4. The van der Waals surface area contributed by atoms with E-state index < -0.39 is 12.1 Å². The van der Waals surface area contributed by atoms with Crippen LogP contribution in [0, 0.1) is 0 Å². The van der Waals surface area contributed by atoms with Crippen molar-refractivity contribution < 1.29 is 19.7 Å². The molecule has 0 bridgehead atoms. The number of ether oxygens (including phenoxy) is 1. The van der Waals surface area contributed by atoms with Gasteiger partial charge in [-0.15, -0.1) is 12.4 Å². The lowest BCUT2D eigenvalue weighted by Gasteiger charge is -2.28. The minimum absolute atomic E-state index is 0. The predicted molar refractivity (Wildman–Crippen MR) is 154 cm³/mol. The number of aryl methyl sites for hydroxylation is 1. The van der Waals surface area contributed by atoms with Gasteiger partial charge in [-0.05, 0) is 85.4 Å². The van der Waals surface area contributed by atoms with Crippen molar-refractivity contribution in [1.29, 1.82) is 0 Å². The van der Waals surface area contributed by atoms with Crippen molar-refractivity contribution >= 4 is 30.0 Å². The van der Waals surface area contributed by atoms with E-state index in [1.54, 1.807) is 24.3 Å². The average molecular weight is 557 g/mol. The molecule has 0 unspecified atom stereocenters. The second-order valence-electron chi connectivity index (χ2n) is 10.3. The van der Waals surface area contributed by atoms with E-state index in [1.165, 1.54) is 17.5 Å². The Kier molecular flexibility index (Phi) is 9.72. The summed E-state index contributed by atoms with van der Waals surface area (Å²) in [7, 11) is 0. The number of hydrogen-bond donors (Lipinski definition) is 3. The van der Waals surface area contributed by atoms with Gasteiger partial charge in [0.2, 0.25) is 0 Å². The molecule has 5 rings (SSSR count). The number of carboxylic acids is 1. The molecule has 0 saturated heterocycles. The first-order valence-electron chi connectivity index (χ1n) is 13.3. The van der Waals surface area contributed by atoms with E-state index in [0.29, 0.717) is 17.3 Å². The molecular weight excluding hydrogens is 521 g/mol. The third-order valence-electron chi connectivity index (χ3n) is 7.68. The van der Waals surface area contributed by atoms with Crippen LogP contribution in [0.1, 0.15) is 71.7 Å². The highest BCUT2D eigenvalue weighted by Gasteiger charge is 2.24. The van der Waals surface area contributed by atoms with Gasteiger partial charge in [0.05, 0.1) is 12.2 Å². The molecule has 202 valence electrons. The minimum Gasteiger partial charge on any atom is -0.489 e. The predicted octanol–water partition coefficient (Wildman–Crippen LogP) is 7.02. The summed E-state index contributed by atoms with van der Waals surface area (Å²) in [5, 5.41) is 24.7. The average Bonchev–Trinajstić information content (AvgIpc) is 2.92. The highest BCUT2D eigenvalue weighted by atomic mass is 35.5. The number of carbonyl (C=O) groups is 1. The van der Waals surface area contributed by atoms with Crippen LogP contribution in [0.25, 0.3) is 11.1 Å². The van der Waals surface area contributed by atoms with Crippen LogP contribution in [0.15, 0.2) is 60.7 Å². The van der Waals surface area contributed by atoms with Gasteiger partial charge < -0.3 is 20.3 Å². The van der Waals surface area contributed by atoms with Crippen molar-refractivity contribution in [2.75, 3.05) is 6.54 Å². The molecule has 3 N–H and O–H groups in total. The molecule has 1 saturated carbocycles. The van der Waals surface area contributed by atoms with Crippen molar-refractivity contribution in [3.8, 4) is 16.9 Å². The molecule has 0 aromatic heterocycles. The fraction of sp³-hybridized carbons (Fsp3) is 0.387. The number of nitrogens with one attached hydrogen (secondary N) is 1. The van der Waals surface area contributed by atoms with Crippen LogP contribution in [-0.4, -0.2) is 34.9 Å². The summed E-state index contributed by atoms with van der Waals surface area (Å²) in [5.41, 5.74) is 5.46. The first kappa shape index (κ1) is 28.4. The molecule has 2 aliphatic rings. The second kappa shape index (κ2) is 13.0. The zero-order chi connectivity index (χ0) is 25.8. The Morgan fingerprint density at radius 1 is 1.00 bits per heavy atom. The van der Waals surface area contributed by atoms with Gasteiger partial charge in [-0.1, -0.05) is 60.5 Å². The van der Waals surface area contributed by atoms with E-state index in [9.17, 15) is 15.0 Å². The van der Waals surface area contributed by atoms with Gasteiger partial charge in [0, 0.05) is 23.2 Å². The van der Waals surface area contributed by atoms with Gasteiger partial charge in [0.15, 0.2) is 0 Å². The van der Waals surface area contributed by atoms with E-state index in [2.05, 4.69) is 23.5 Å². The maximum Gasteiger partial charge on any atom is 0.339 e. The number of aliphatic hydroxyl groups is 1. The number of para-hydroxylation sites is 1. The minimum atomic E-state index is -0.964. The molecule has 2 atom stereocenters. The van der Waals surface area contributed by atoms with Gasteiger partial charge in [-0.25, -0.2) is 4.79 Å². The molecule has 0 spiro atoms. The number of carboxylic acid groups (broad SMARTS) is 1. The lowest BCUT2D eigenvalue weighted by Crippen LogP contribution is -2.37. The summed E-state index contributed by atoms with van der Waals surface area (Å²) in [4.78, 5) is 12.1.